The van der Waals surface area contributed by atoms with Crippen LogP contribution in [0.25, 0.3) is 0 Å². The number of hydrogen-bond acceptors (Lipinski definition) is 2. The maximum absolute atomic E-state index is 3.54. The molecule has 0 saturated carbocycles. The molecule has 1 N–H and O–H groups in total. The van der Waals surface area contributed by atoms with Crippen molar-refractivity contribution < 1.29 is 0 Å². The topological polar surface area (TPSA) is 15.3 Å². The molecule has 0 aromatic carbocycles. The minimum Gasteiger partial charge on any atom is -0.315 e. The van der Waals surface area contributed by atoms with E-state index in [0.29, 0.717) is 0 Å². The van der Waals surface area contributed by atoms with Crippen LogP contribution < -0.4 is 5.32 Å². The van der Waals surface area contributed by atoms with E-state index in [2.05, 4.69) is 24.1 Å². The molecular formula is C13H26N2. The number of rotatable bonds is 3. The molecule has 0 spiro atoms. The van der Waals surface area contributed by atoms with Crippen molar-refractivity contribution in [2.75, 3.05) is 19.6 Å². The fourth-order valence-corrected chi connectivity index (χ4v) is 3.34. The lowest BCUT2D eigenvalue weighted by Crippen LogP contribution is -2.49. The Bertz CT molecular complexity index is 191. The molecule has 2 fully saturated rings. The fourth-order valence-electron chi connectivity index (χ4n) is 3.34. The van der Waals surface area contributed by atoms with E-state index in [-0.39, 0.29) is 0 Å². The molecule has 0 aromatic rings. The largest absolute Gasteiger partial charge is 0.315 e. The van der Waals surface area contributed by atoms with E-state index in [9.17, 15) is 0 Å². The second-order valence-corrected chi connectivity index (χ2v) is 5.38. The highest BCUT2D eigenvalue weighted by atomic mass is 15.2. The van der Waals surface area contributed by atoms with Gasteiger partial charge in [-0.25, -0.2) is 0 Å². The third-order valence-corrected chi connectivity index (χ3v) is 4.20. The van der Waals surface area contributed by atoms with Crippen LogP contribution in [0.15, 0.2) is 0 Å². The van der Waals surface area contributed by atoms with E-state index >= 15 is 0 Å². The van der Waals surface area contributed by atoms with Crippen LogP contribution in [0.4, 0.5) is 0 Å². The van der Waals surface area contributed by atoms with Gasteiger partial charge in [0.2, 0.25) is 0 Å². The van der Waals surface area contributed by atoms with Gasteiger partial charge < -0.3 is 5.32 Å². The molecule has 2 saturated heterocycles. The SMILES string of the molecule is CCCC1CCCCN1C1CNCC1C. The van der Waals surface area contributed by atoms with Crippen molar-refractivity contribution in [2.24, 2.45) is 5.92 Å². The van der Waals surface area contributed by atoms with Crippen molar-refractivity contribution in [3.05, 3.63) is 0 Å². The van der Waals surface area contributed by atoms with E-state index < -0.39 is 0 Å². The van der Waals surface area contributed by atoms with Gasteiger partial charge in [-0.05, 0) is 38.3 Å². The first kappa shape index (κ1) is 11.4. The third-order valence-electron chi connectivity index (χ3n) is 4.20. The van der Waals surface area contributed by atoms with Crippen LogP contribution in [0.3, 0.4) is 0 Å². The van der Waals surface area contributed by atoms with Crippen molar-refractivity contribution in [1.82, 2.24) is 10.2 Å². The van der Waals surface area contributed by atoms with Crippen LogP contribution in [0.2, 0.25) is 0 Å². The van der Waals surface area contributed by atoms with Gasteiger partial charge in [-0.3, -0.25) is 4.90 Å². The second-order valence-electron chi connectivity index (χ2n) is 5.38. The van der Waals surface area contributed by atoms with Gasteiger partial charge in [0.1, 0.15) is 0 Å². The second kappa shape index (κ2) is 5.31. The van der Waals surface area contributed by atoms with E-state index in [0.717, 1.165) is 18.0 Å². The highest BCUT2D eigenvalue weighted by Crippen LogP contribution is 2.27. The lowest BCUT2D eigenvalue weighted by atomic mass is 9.93. The molecule has 3 unspecified atom stereocenters. The fraction of sp³-hybridized carbons (Fsp3) is 1.00. The molecule has 2 heteroatoms. The molecule has 0 radical (unpaired) electrons. The van der Waals surface area contributed by atoms with Crippen molar-refractivity contribution in [2.45, 2.75) is 58.0 Å². The minimum absolute atomic E-state index is 0.821. The number of likely N-dealkylation sites (tertiary alicyclic amines) is 1. The smallest absolute Gasteiger partial charge is 0.0261 e. The summed E-state index contributed by atoms with van der Waals surface area (Å²) in [4.78, 5) is 2.82. The van der Waals surface area contributed by atoms with Crippen LogP contribution in [0, 0.1) is 5.92 Å². The molecular weight excluding hydrogens is 184 g/mol. The van der Waals surface area contributed by atoms with Gasteiger partial charge in [-0.15, -0.1) is 0 Å². The number of nitrogens with zero attached hydrogens (tertiary/aromatic N) is 1. The van der Waals surface area contributed by atoms with Gasteiger partial charge in [0.25, 0.3) is 0 Å². The van der Waals surface area contributed by atoms with Gasteiger partial charge in [0.15, 0.2) is 0 Å². The zero-order valence-corrected chi connectivity index (χ0v) is 10.3. The molecule has 0 bridgehead atoms. The highest BCUT2D eigenvalue weighted by Gasteiger charge is 2.33. The summed E-state index contributed by atoms with van der Waals surface area (Å²) in [6, 6.07) is 1.71. The van der Waals surface area contributed by atoms with Crippen molar-refractivity contribution in [3.8, 4) is 0 Å². The molecule has 2 aliphatic heterocycles. The maximum Gasteiger partial charge on any atom is 0.0261 e. The summed E-state index contributed by atoms with van der Waals surface area (Å²) in [6.45, 7) is 8.52. The summed E-state index contributed by atoms with van der Waals surface area (Å²) >= 11 is 0. The Morgan fingerprint density at radius 3 is 2.80 bits per heavy atom. The Morgan fingerprint density at radius 1 is 1.27 bits per heavy atom. The van der Waals surface area contributed by atoms with Gasteiger partial charge in [0.05, 0.1) is 0 Å². The van der Waals surface area contributed by atoms with Crippen LogP contribution in [0.1, 0.15) is 46.0 Å². The number of hydrogen-bond donors (Lipinski definition) is 1. The molecule has 3 atom stereocenters. The molecule has 88 valence electrons. The monoisotopic (exact) mass is 210 g/mol. The van der Waals surface area contributed by atoms with E-state index in [4.69, 9.17) is 0 Å². The first-order chi connectivity index (χ1) is 7.33. The molecule has 15 heavy (non-hydrogen) atoms. The van der Waals surface area contributed by atoms with E-state index in [1.807, 2.05) is 0 Å². The molecule has 2 rings (SSSR count). The van der Waals surface area contributed by atoms with Gasteiger partial charge in [-0.2, -0.15) is 0 Å². The van der Waals surface area contributed by atoms with Crippen LogP contribution in [-0.2, 0) is 0 Å². The normalized spacial score (nSPS) is 38.4. The molecule has 2 heterocycles. The maximum atomic E-state index is 3.54. The molecule has 0 aromatic heterocycles. The van der Waals surface area contributed by atoms with Crippen LogP contribution in [-0.4, -0.2) is 36.6 Å². The Hall–Kier alpha value is -0.0800. The average Bonchev–Trinajstić information content (AvgIpc) is 2.66. The molecule has 2 aliphatic rings. The highest BCUT2D eigenvalue weighted by molar-refractivity contribution is 4.91. The Labute approximate surface area is 94.4 Å². The predicted octanol–water partition coefficient (Wildman–Crippen LogP) is 2.25. The average molecular weight is 210 g/mol. The lowest BCUT2D eigenvalue weighted by Gasteiger charge is -2.41. The summed E-state index contributed by atoms with van der Waals surface area (Å²) in [5.74, 6) is 0.849. The van der Waals surface area contributed by atoms with Crippen LogP contribution >= 0.6 is 0 Å². The first-order valence-electron chi connectivity index (χ1n) is 6.79. The standard InChI is InChI=1S/C13H26N2/c1-3-6-12-7-4-5-8-15(12)13-10-14-9-11(13)2/h11-14H,3-10H2,1-2H3. The zero-order valence-electron chi connectivity index (χ0n) is 10.3. The first-order valence-corrected chi connectivity index (χ1v) is 6.79. The van der Waals surface area contributed by atoms with Crippen molar-refractivity contribution >= 4 is 0 Å². The molecule has 0 aliphatic carbocycles. The number of piperidine rings is 1. The lowest BCUT2D eigenvalue weighted by molar-refractivity contribution is 0.0789. The van der Waals surface area contributed by atoms with E-state index in [1.165, 1.54) is 51.7 Å². The predicted molar refractivity (Wildman–Crippen MR) is 65.1 cm³/mol. The van der Waals surface area contributed by atoms with Crippen molar-refractivity contribution in [3.63, 3.8) is 0 Å². The van der Waals surface area contributed by atoms with Crippen LogP contribution in [0.5, 0.6) is 0 Å². The summed E-state index contributed by atoms with van der Waals surface area (Å²) in [7, 11) is 0. The third kappa shape index (κ3) is 2.54. The summed E-state index contributed by atoms with van der Waals surface area (Å²) < 4.78 is 0. The van der Waals surface area contributed by atoms with Gasteiger partial charge in [-0.1, -0.05) is 26.7 Å². The molecule has 2 nitrogen and oxygen atoms in total. The Kier molecular flexibility index (Phi) is 4.04. The number of nitrogens with one attached hydrogen (secondary N) is 1. The minimum atomic E-state index is 0.821. The van der Waals surface area contributed by atoms with Gasteiger partial charge >= 0.3 is 0 Å². The Balaban J connectivity index is 1.97. The van der Waals surface area contributed by atoms with E-state index in [1.54, 1.807) is 0 Å². The Morgan fingerprint density at radius 2 is 2.13 bits per heavy atom. The van der Waals surface area contributed by atoms with Crippen molar-refractivity contribution in [1.29, 1.82) is 0 Å². The zero-order chi connectivity index (χ0) is 10.7. The summed E-state index contributed by atoms with van der Waals surface area (Å²) in [5, 5.41) is 3.54. The quantitative estimate of drug-likeness (QED) is 0.768. The summed E-state index contributed by atoms with van der Waals surface area (Å²) in [6.07, 6.45) is 7.06. The summed E-state index contributed by atoms with van der Waals surface area (Å²) in [5.41, 5.74) is 0. The van der Waals surface area contributed by atoms with Gasteiger partial charge in [0, 0.05) is 18.6 Å². The molecule has 0 amide bonds.